The van der Waals surface area contributed by atoms with Gasteiger partial charge in [-0.25, -0.2) is 4.99 Å². The van der Waals surface area contributed by atoms with Crippen molar-refractivity contribution in [2.45, 2.75) is 18.9 Å². The fourth-order valence-corrected chi connectivity index (χ4v) is 6.89. The number of furan rings is 1. The number of rotatable bonds is 4. The average Bonchev–Trinajstić information content (AvgIpc) is 3.57. The maximum Gasteiger partial charge on any atom is 0.271 e. The first-order chi connectivity index (χ1) is 19.5. The molecule has 8 heteroatoms. The molecule has 198 valence electrons. The molecule has 1 atom stereocenters. The quantitative estimate of drug-likeness (QED) is 0.231. The number of ether oxygens (including phenoxy) is 1. The monoisotopic (exact) mass is 584 g/mol. The summed E-state index contributed by atoms with van der Waals surface area (Å²) in [7, 11) is 1.65. The zero-order valence-corrected chi connectivity index (χ0v) is 23.7. The van der Waals surface area contributed by atoms with Gasteiger partial charge in [-0.3, -0.25) is 9.36 Å². The minimum absolute atomic E-state index is 0.110. The van der Waals surface area contributed by atoms with Crippen LogP contribution in [0.2, 0.25) is 10.0 Å². The molecule has 0 amide bonds. The molecule has 0 fully saturated rings. The van der Waals surface area contributed by atoms with Gasteiger partial charge in [0, 0.05) is 22.2 Å². The molecule has 0 bridgehead atoms. The van der Waals surface area contributed by atoms with E-state index in [1.165, 1.54) is 16.9 Å². The number of halogens is 2. The van der Waals surface area contributed by atoms with E-state index in [4.69, 9.17) is 37.3 Å². The maximum absolute atomic E-state index is 14.0. The molecule has 3 aromatic carbocycles. The predicted molar refractivity (Wildman–Crippen MR) is 160 cm³/mol. The molecule has 1 aliphatic heterocycles. The van der Waals surface area contributed by atoms with Crippen LogP contribution in [0, 0.1) is 0 Å². The van der Waals surface area contributed by atoms with Gasteiger partial charge in [0.2, 0.25) is 0 Å². The molecular formula is C32H22Cl2N2O3S. The second kappa shape index (κ2) is 9.97. The third kappa shape index (κ3) is 4.24. The fraction of sp³-hybridized carbons (Fsp3) is 0.125. The number of hydrogen-bond donors (Lipinski definition) is 0. The molecule has 0 N–H and O–H groups in total. The Morgan fingerprint density at radius 2 is 1.88 bits per heavy atom. The van der Waals surface area contributed by atoms with Crippen LogP contribution in [-0.4, -0.2) is 11.7 Å². The number of aryl methyl sites for hydroxylation is 1. The first-order valence-corrected chi connectivity index (χ1v) is 14.4. The molecular weight excluding hydrogens is 563 g/mol. The molecule has 40 heavy (non-hydrogen) atoms. The van der Waals surface area contributed by atoms with E-state index in [9.17, 15) is 4.79 Å². The number of nitrogens with zero attached hydrogens (tertiary/aromatic N) is 2. The average molecular weight is 586 g/mol. The van der Waals surface area contributed by atoms with Crippen molar-refractivity contribution in [3.8, 4) is 17.1 Å². The Kier molecular flexibility index (Phi) is 6.27. The summed E-state index contributed by atoms with van der Waals surface area (Å²) in [6.45, 7) is 0. The zero-order valence-electron chi connectivity index (χ0n) is 21.4. The Bertz CT molecular complexity index is 2020. The van der Waals surface area contributed by atoms with Crippen molar-refractivity contribution in [3.63, 3.8) is 0 Å². The SMILES string of the molecule is COc1cccc([C@H]2C3=C(N=c4s/c(=C/c5ccc(-c6cc(Cl)ccc6Cl)o5)c(=O)n42)c2ccccc2CC3)c1. The maximum atomic E-state index is 14.0. The molecule has 7 rings (SSSR count). The molecule has 5 aromatic rings. The van der Waals surface area contributed by atoms with Crippen molar-refractivity contribution >= 4 is 46.3 Å². The van der Waals surface area contributed by atoms with Crippen molar-refractivity contribution < 1.29 is 9.15 Å². The Balaban J connectivity index is 1.41. The summed E-state index contributed by atoms with van der Waals surface area (Å²) in [5.74, 6) is 1.87. The first-order valence-electron chi connectivity index (χ1n) is 12.8. The highest BCUT2D eigenvalue weighted by molar-refractivity contribution is 7.07. The Morgan fingerprint density at radius 1 is 1.00 bits per heavy atom. The minimum Gasteiger partial charge on any atom is -0.497 e. The summed E-state index contributed by atoms with van der Waals surface area (Å²) in [6, 6.07) is 24.9. The number of allylic oxidation sites excluding steroid dienone is 1. The number of hydrogen-bond acceptors (Lipinski definition) is 5. The Labute approximate surface area is 243 Å². The van der Waals surface area contributed by atoms with Crippen LogP contribution in [0.3, 0.4) is 0 Å². The molecule has 0 radical (unpaired) electrons. The lowest BCUT2D eigenvalue weighted by Gasteiger charge is -2.31. The highest BCUT2D eigenvalue weighted by Gasteiger charge is 2.32. The van der Waals surface area contributed by atoms with Gasteiger partial charge in [-0.15, -0.1) is 0 Å². The molecule has 1 aliphatic carbocycles. The largest absolute Gasteiger partial charge is 0.497 e. The molecule has 2 aromatic heterocycles. The molecule has 2 aliphatic rings. The van der Waals surface area contributed by atoms with Crippen LogP contribution in [0.1, 0.15) is 34.9 Å². The second-order valence-corrected chi connectivity index (χ2v) is 11.6. The number of thiazole rings is 1. The van der Waals surface area contributed by atoms with Crippen LogP contribution in [0.5, 0.6) is 5.75 Å². The van der Waals surface area contributed by atoms with E-state index in [1.54, 1.807) is 31.4 Å². The molecule has 0 saturated carbocycles. The predicted octanol–water partition coefficient (Wildman–Crippen LogP) is 6.89. The normalized spacial score (nSPS) is 16.3. The van der Waals surface area contributed by atoms with Gasteiger partial charge in [0.1, 0.15) is 17.3 Å². The van der Waals surface area contributed by atoms with E-state index >= 15 is 0 Å². The summed E-state index contributed by atoms with van der Waals surface area (Å²) in [4.78, 5) is 19.7. The van der Waals surface area contributed by atoms with Crippen LogP contribution in [0.25, 0.3) is 23.1 Å². The lowest BCUT2D eigenvalue weighted by Crippen LogP contribution is -2.38. The minimum atomic E-state index is -0.283. The Morgan fingerprint density at radius 3 is 2.75 bits per heavy atom. The van der Waals surface area contributed by atoms with Crippen molar-refractivity contribution in [2.24, 2.45) is 4.99 Å². The van der Waals surface area contributed by atoms with E-state index in [-0.39, 0.29) is 11.6 Å². The van der Waals surface area contributed by atoms with Crippen LogP contribution in [0.15, 0.2) is 98.6 Å². The van der Waals surface area contributed by atoms with E-state index in [0.29, 0.717) is 36.5 Å². The summed E-state index contributed by atoms with van der Waals surface area (Å²) < 4.78 is 14.0. The van der Waals surface area contributed by atoms with Crippen LogP contribution >= 0.6 is 34.5 Å². The van der Waals surface area contributed by atoms with Gasteiger partial charge in [-0.05, 0) is 72.0 Å². The second-order valence-electron chi connectivity index (χ2n) is 9.72. The summed E-state index contributed by atoms with van der Waals surface area (Å²) in [6.07, 6.45) is 3.49. The Hall–Kier alpha value is -3.84. The van der Waals surface area contributed by atoms with E-state index in [2.05, 4.69) is 24.3 Å². The highest BCUT2D eigenvalue weighted by atomic mass is 35.5. The zero-order chi connectivity index (χ0) is 27.4. The number of benzene rings is 3. The van der Waals surface area contributed by atoms with E-state index in [0.717, 1.165) is 41.0 Å². The number of aromatic nitrogens is 1. The fourth-order valence-electron chi connectivity index (χ4n) is 5.52. The van der Waals surface area contributed by atoms with Crippen molar-refractivity contribution in [2.75, 3.05) is 7.11 Å². The third-order valence-electron chi connectivity index (χ3n) is 7.38. The van der Waals surface area contributed by atoms with Gasteiger partial charge < -0.3 is 9.15 Å². The summed E-state index contributed by atoms with van der Waals surface area (Å²) >= 11 is 13.9. The molecule has 0 spiro atoms. The lowest BCUT2D eigenvalue weighted by atomic mass is 9.83. The van der Waals surface area contributed by atoms with Gasteiger partial charge in [0.25, 0.3) is 5.56 Å². The van der Waals surface area contributed by atoms with E-state index < -0.39 is 0 Å². The topological polar surface area (TPSA) is 56.7 Å². The van der Waals surface area contributed by atoms with Crippen LogP contribution in [-0.2, 0) is 6.42 Å². The molecule has 0 unspecified atom stereocenters. The molecule has 3 heterocycles. The third-order valence-corrected chi connectivity index (χ3v) is 8.92. The van der Waals surface area contributed by atoms with Crippen molar-refractivity contribution in [3.05, 3.63) is 137 Å². The summed E-state index contributed by atoms with van der Waals surface area (Å²) in [5, 5.41) is 1.10. The standard InChI is InChI=1S/C32H22Cl2N2O3S/c1-38-21-7-4-6-19(15-21)30-24-12-9-18-5-2-3-8-23(18)29(24)35-32-36(30)31(37)28(40-32)17-22-11-14-27(39-22)25-16-20(33)10-13-26(25)34/h2-8,10-11,13-17,30H,9,12H2,1H3/b28-17+/t30-/m0/s1. The highest BCUT2D eigenvalue weighted by Crippen LogP contribution is 2.41. The van der Waals surface area contributed by atoms with E-state index in [1.807, 2.05) is 41.0 Å². The first kappa shape index (κ1) is 25.1. The number of methoxy groups -OCH3 is 1. The summed E-state index contributed by atoms with van der Waals surface area (Å²) in [5.41, 5.74) is 6.07. The van der Waals surface area contributed by atoms with Crippen LogP contribution < -0.4 is 19.6 Å². The smallest absolute Gasteiger partial charge is 0.271 e. The van der Waals surface area contributed by atoms with Gasteiger partial charge in [0.05, 0.1) is 28.4 Å². The van der Waals surface area contributed by atoms with Gasteiger partial charge in [0.15, 0.2) is 4.80 Å². The van der Waals surface area contributed by atoms with Crippen molar-refractivity contribution in [1.29, 1.82) is 0 Å². The molecule has 5 nitrogen and oxygen atoms in total. The molecule has 0 saturated heterocycles. The number of fused-ring (bicyclic) bond motifs is 3. The van der Waals surface area contributed by atoms with Crippen molar-refractivity contribution in [1.82, 2.24) is 4.57 Å². The lowest BCUT2D eigenvalue weighted by molar-refractivity contribution is 0.413. The van der Waals surface area contributed by atoms with Crippen LogP contribution in [0.4, 0.5) is 0 Å². The van der Waals surface area contributed by atoms with Gasteiger partial charge in [-0.2, -0.15) is 0 Å². The van der Waals surface area contributed by atoms with Gasteiger partial charge >= 0.3 is 0 Å². The van der Waals surface area contributed by atoms with Gasteiger partial charge in [-0.1, -0.05) is 70.9 Å².